The molecule has 0 aliphatic carbocycles. The molecule has 2 rings (SSSR count). The Balaban J connectivity index is 0.00000288. The Kier molecular flexibility index (Phi) is 11.6. The van der Waals surface area contributed by atoms with Crippen LogP contribution >= 0.6 is 24.0 Å². The van der Waals surface area contributed by atoms with E-state index in [-0.39, 0.29) is 30.1 Å². The number of nitrogens with one attached hydrogen (secondary N) is 2. The van der Waals surface area contributed by atoms with Crippen LogP contribution in [0, 0.1) is 0 Å². The minimum Gasteiger partial charge on any atom is -0.492 e. The molecule has 2 N–H and O–H groups in total. The third-order valence-electron chi connectivity index (χ3n) is 3.49. The second kappa shape index (κ2) is 13.3. The van der Waals surface area contributed by atoms with Crippen LogP contribution in [0.25, 0.3) is 0 Å². The number of halogens is 1. The van der Waals surface area contributed by atoms with Gasteiger partial charge in [0.05, 0.1) is 19.3 Å². The van der Waals surface area contributed by atoms with Gasteiger partial charge in [-0.3, -0.25) is 4.99 Å². The monoisotopic (exact) mass is 449 g/mol. The number of hydrogen-bond acceptors (Lipinski definition) is 4. The maximum atomic E-state index is 5.72. The molecule has 1 aliphatic heterocycles. The lowest BCUT2D eigenvalue weighted by Gasteiger charge is -2.13. The summed E-state index contributed by atoms with van der Waals surface area (Å²) in [4.78, 5) is 4.19. The van der Waals surface area contributed by atoms with E-state index in [1.54, 1.807) is 7.05 Å². The number of aliphatic imine (C=N–C) groups is 1. The zero-order valence-electron chi connectivity index (χ0n) is 14.2. The predicted molar refractivity (Wildman–Crippen MR) is 107 cm³/mol. The molecule has 6 nitrogen and oxygen atoms in total. The van der Waals surface area contributed by atoms with Gasteiger partial charge in [0.25, 0.3) is 0 Å². The van der Waals surface area contributed by atoms with Crippen LogP contribution in [0.3, 0.4) is 0 Å². The number of para-hydroxylation sites is 1. The van der Waals surface area contributed by atoms with Gasteiger partial charge in [0.2, 0.25) is 0 Å². The largest absolute Gasteiger partial charge is 0.492 e. The fourth-order valence-electron chi connectivity index (χ4n) is 2.25. The van der Waals surface area contributed by atoms with Crippen molar-refractivity contribution in [2.75, 3.05) is 46.6 Å². The highest BCUT2D eigenvalue weighted by Gasteiger charge is 2.15. The van der Waals surface area contributed by atoms with Crippen LogP contribution in [0.1, 0.15) is 12.8 Å². The van der Waals surface area contributed by atoms with Crippen molar-refractivity contribution in [2.45, 2.75) is 18.9 Å². The van der Waals surface area contributed by atoms with E-state index in [0.717, 1.165) is 50.9 Å². The summed E-state index contributed by atoms with van der Waals surface area (Å²) in [6, 6.07) is 9.79. The van der Waals surface area contributed by atoms with Crippen LogP contribution in [0.4, 0.5) is 0 Å². The van der Waals surface area contributed by atoms with E-state index in [4.69, 9.17) is 14.2 Å². The van der Waals surface area contributed by atoms with Crippen molar-refractivity contribution in [1.29, 1.82) is 0 Å². The zero-order chi connectivity index (χ0) is 16.2. The lowest BCUT2D eigenvalue weighted by atomic mass is 10.3. The average molecular weight is 449 g/mol. The average Bonchev–Trinajstić information content (AvgIpc) is 3.11. The first-order chi connectivity index (χ1) is 11.4. The Morgan fingerprint density at radius 2 is 2.00 bits per heavy atom. The van der Waals surface area contributed by atoms with E-state index in [0.29, 0.717) is 13.2 Å². The van der Waals surface area contributed by atoms with Crippen LogP contribution in [0.2, 0.25) is 0 Å². The third kappa shape index (κ3) is 8.70. The van der Waals surface area contributed by atoms with E-state index in [1.165, 1.54) is 0 Å². The summed E-state index contributed by atoms with van der Waals surface area (Å²) >= 11 is 0. The van der Waals surface area contributed by atoms with Crippen molar-refractivity contribution in [3.05, 3.63) is 30.3 Å². The van der Waals surface area contributed by atoms with Gasteiger partial charge in [-0.25, -0.2) is 0 Å². The molecule has 24 heavy (non-hydrogen) atoms. The van der Waals surface area contributed by atoms with Crippen LogP contribution in [-0.2, 0) is 9.47 Å². The van der Waals surface area contributed by atoms with E-state index in [1.807, 2.05) is 30.3 Å². The fraction of sp³-hybridized carbons (Fsp3) is 0.588. The maximum absolute atomic E-state index is 5.72. The molecule has 0 spiro atoms. The Bertz CT molecular complexity index is 454. The molecule has 0 bridgehead atoms. The fourth-order valence-corrected chi connectivity index (χ4v) is 2.25. The SMILES string of the molecule is CN=C(NCCCOC1CCOC1)NCCOc1ccccc1.I. The predicted octanol–water partition coefficient (Wildman–Crippen LogP) is 2.04. The van der Waals surface area contributed by atoms with Crippen molar-refractivity contribution >= 4 is 29.9 Å². The van der Waals surface area contributed by atoms with E-state index < -0.39 is 0 Å². The van der Waals surface area contributed by atoms with Crippen molar-refractivity contribution < 1.29 is 14.2 Å². The molecule has 0 aromatic heterocycles. The minimum atomic E-state index is 0. The number of benzene rings is 1. The van der Waals surface area contributed by atoms with Crippen molar-refractivity contribution in [1.82, 2.24) is 10.6 Å². The van der Waals surface area contributed by atoms with Crippen molar-refractivity contribution in [3.8, 4) is 5.75 Å². The van der Waals surface area contributed by atoms with Crippen molar-refractivity contribution in [2.24, 2.45) is 4.99 Å². The molecular weight excluding hydrogens is 421 g/mol. The molecule has 1 saturated heterocycles. The Hall–Kier alpha value is -1.06. The van der Waals surface area contributed by atoms with Gasteiger partial charge in [0.1, 0.15) is 12.4 Å². The first-order valence-corrected chi connectivity index (χ1v) is 8.20. The summed E-state index contributed by atoms with van der Waals surface area (Å²) in [5.74, 6) is 1.66. The molecule has 1 fully saturated rings. The summed E-state index contributed by atoms with van der Waals surface area (Å²) in [7, 11) is 1.76. The van der Waals surface area contributed by atoms with Gasteiger partial charge >= 0.3 is 0 Å². The Labute approximate surface area is 161 Å². The van der Waals surface area contributed by atoms with E-state index in [9.17, 15) is 0 Å². The van der Waals surface area contributed by atoms with E-state index >= 15 is 0 Å². The molecule has 0 saturated carbocycles. The van der Waals surface area contributed by atoms with Crippen molar-refractivity contribution in [3.63, 3.8) is 0 Å². The zero-order valence-corrected chi connectivity index (χ0v) is 16.5. The van der Waals surface area contributed by atoms with Crippen LogP contribution < -0.4 is 15.4 Å². The minimum absolute atomic E-state index is 0. The normalized spacial score (nSPS) is 17.2. The van der Waals surface area contributed by atoms with Gasteiger partial charge in [-0.1, -0.05) is 18.2 Å². The van der Waals surface area contributed by atoms with Gasteiger partial charge in [0.15, 0.2) is 5.96 Å². The summed E-state index contributed by atoms with van der Waals surface area (Å²) in [5.41, 5.74) is 0. The van der Waals surface area contributed by atoms with Gasteiger partial charge in [-0.05, 0) is 25.0 Å². The Morgan fingerprint density at radius 3 is 2.71 bits per heavy atom. The molecule has 1 heterocycles. The molecule has 136 valence electrons. The first-order valence-electron chi connectivity index (χ1n) is 8.20. The van der Waals surface area contributed by atoms with Crippen LogP contribution in [0.5, 0.6) is 5.75 Å². The van der Waals surface area contributed by atoms with Gasteiger partial charge in [0, 0.05) is 26.8 Å². The van der Waals surface area contributed by atoms with Crippen LogP contribution in [0.15, 0.2) is 35.3 Å². The molecule has 7 heteroatoms. The molecular formula is C17H28IN3O3. The summed E-state index contributed by atoms with van der Waals surface area (Å²) < 4.78 is 16.6. The third-order valence-corrected chi connectivity index (χ3v) is 3.49. The summed E-state index contributed by atoms with van der Waals surface area (Å²) in [5, 5.41) is 6.49. The quantitative estimate of drug-likeness (QED) is 0.262. The number of rotatable bonds is 9. The molecule has 1 aromatic carbocycles. The molecule has 1 aliphatic rings. The first kappa shape index (κ1) is 21.0. The molecule has 0 amide bonds. The van der Waals surface area contributed by atoms with Crippen LogP contribution in [-0.4, -0.2) is 58.6 Å². The number of hydrogen-bond donors (Lipinski definition) is 2. The van der Waals surface area contributed by atoms with Gasteiger partial charge in [-0.15, -0.1) is 24.0 Å². The maximum Gasteiger partial charge on any atom is 0.191 e. The van der Waals surface area contributed by atoms with E-state index in [2.05, 4.69) is 15.6 Å². The Morgan fingerprint density at radius 1 is 1.21 bits per heavy atom. The molecule has 1 unspecified atom stereocenters. The molecule has 1 aromatic rings. The molecule has 0 radical (unpaired) electrons. The lowest BCUT2D eigenvalue weighted by molar-refractivity contribution is 0.0420. The van der Waals surface area contributed by atoms with Gasteiger partial charge < -0.3 is 24.8 Å². The highest BCUT2D eigenvalue weighted by Crippen LogP contribution is 2.08. The number of ether oxygens (including phenoxy) is 3. The molecule has 1 atom stereocenters. The highest BCUT2D eigenvalue weighted by atomic mass is 127. The smallest absolute Gasteiger partial charge is 0.191 e. The highest BCUT2D eigenvalue weighted by molar-refractivity contribution is 14.0. The lowest BCUT2D eigenvalue weighted by Crippen LogP contribution is -2.40. The topological polar surface area (TPSA) is 64.1 Å². The summed E-state index contributed by atoms with van der Waals surface area (Å²) in [6.45, 7) is 4.42. The second-order valence-corrected chi connectivity index (χ2v) is 5.30. The number of guanidine groups is 1. The second-order valence-electron chi connectivity index (χ2n) is 5.30. The van der Waals surface area contributed by atoms with Gasteiger partial charge in [-0.2, -0.15) is 0 Å². The summed E-state index contributed by atoms with van der Waals surface area (Å²) in [6.07, 6.45) is 2.23. The number of nitrogens with zero attached hydrogens (tertiary/aromatic N) is 1. The standard InChI is InChI=1S/C17H27N3O3.HI/c1-18-17(19-9-5-11-22-16-8-12-21-14-16)20-10-13-23-15-6-3-2-4-7-15;/h2-4,6-7,16H,5,8-14H2,1H3,(H2,18,19,20);1H.